The van der Waals surface area contributed by atoms with E-state index in [0.29, 0.717) is 37.5 Å². The number of piperidine rings is 2. The number of rotatable bonds is 9. The standard InChI is InChI=1S/C24H33F2N5O3S2/c1-16-6-11-30(12-7-16)10-3-15-36(33,34)31-13-8-17(9-14-31)28-24-29-23(27)22(35-24)21(32)20-18(25)4-2-5-19(20)26/h2,4-5,16-17H,3,6-15,27H2,1H3,(H,28,29). The van der Waals surface area contributed by atoms with Crippen molar-refractivity contribution in [2.24, 2.45) is 5.92 Å². The van der Waals surface area contributed by atoms with Crippen LogP contribution in [0.4, 0.5) is 19.7 Å². The fourth-order valence-electron chi connectivity index (χ4n) is 4.72. The number of sulfonamides is 1. The Labute approximate surface area is 214 Å². The number of nitrogens with two attached hydrogens (primary N) is 1. The molecule has 36 heavy (non-hydrogen) atoms. The maximum absolute atomic E-state index is 14.0. The van der Waals surface area contributed by atoms with Crippen molar-refractivity contribution in [3.05, 3.63) is 40.3 Å². The molecule has 8 nitrogen and oxygen atoms in total. The Morgan fingerprint density at radius 1 is 1.14 bits per heavy atom. The molecule has 1 aromatic carbocycles. The van der Waals surface area contributed by atoms with Crippen LogP contribution in [0.3, 0.4) is 0 Å². The molecular weight excluding hydrogens is 508 g/mol. The second-order valence-corrected chi connectivity index (χ2v) is 12.8. The van der Waals surface area contributed by atoms with Gasteiger partial charge in [-0.25, -0.2) is 26.5 Å². The number of thiazole rings is 1. The molecule has 1 aromatic heterocycles. The van der Waals surface area contributed by atoms with E-state index < -0.39 is 33.0 Å². The number of benzene rings is 1. The number of hydrogen-bond donors (Lipinski definition) is 2. The molecule has 3 heterocycles. The Morgan fingerprint density at radius 2 is 1.78 bits per heavy atom. The third-order valence-corrected chi connectivity index (χ3v) is 9.93. The number of ketones is 1. The van der Waals surface area contributed by atoms with Crippen LogP contribution in [-0.2, 0) is 10.0 Å². The van der Waals surface area contributed by atoms with Gasteiger partial charge in [-0.2, -0.15) is 0 Å². The number of aromatic nitrogens is 1. The van der Waals surface area contributed by atoms with Gasteiger partial charge >= 0.3 is 0 Å². The molecule has 2 aliphatic rings. The molecule has 198 valence electrons. The first-order valence-corrected chi connectivity index (χ1v) is 14.8. The first kappa shape index (κ1) is 26.9. The zero-order valence-corrected chi connectivity index (χ0v) is 22.0. The second kappa shape index (κ2) is 11.5. The highest BCUT2D eigenvalue weighted by molar-refractivity contribution is 7.89. The summed E-state index contributed by atoms with van der Waals surface area (Å²) in [4.78, 5) is 19.1. The number of carbonyl (C=O) groups excluding carboxylic acids is 1. The van der Waals surface area contributed by atoms with Gasteiger partial charge in [0.2, 0.25) is 15.8 Å². The van der Waals surface area contributed by atoms with E-state index in [4.69, 9.17) is 5.73 Å². The fourth-order valence-corrected chi connectivity index (χ4v) is 7.15. The molecule has 2 saturated heterocycles. The lowest BCUT2D eigenvalue weighted by atomic mass is 9.99. The monoisotopic (exact) mass is 541 g/mol. The second-order valence-electron chi connectivity index (χ2n) is 9.67. The number of nitrogens with one attached hydrogen (secondary N) is 1. The average Bonchev–Trinajstić information content (AvgIpc) is 3.20. The summed E-state index contributed by atoms with van der Waals surface area (Å²) in [5.74, 6) is -1.96. The number of likely N-dealkylation sites (tertiary alicyclic amines) is 1. The highest BCUT2D eigenvalue weighted by Crippen LogP contribution is 2.30. The third-order valence-electron chi connectivity index (χ3n) is 6.98. The van der Waals surface area contributed by atoms with Gasteiger partial charge in [-0.05, 0) is 69.8 Å². The van der Waals surface area contributed by atoms with Gasteiger partial charge < -0.3 is 16.0 Å². The van der Waals surface area contributed by atoms with Crippen molar-refractivity contribution in [2.45, 2.75) is 45.1 Å². The lowest BCUT2D eigenvalue weighted by molar-refractivity contribution is 0.103. The van der Waals surface area contributed by atoms with Crippen molar-refractivity contribution in [3.8, 4) is 0 Å². The first-order valence-electron chi connectivity index (χ1n) is 12.4. The summed E-state index contributed by atoms with van der Waals surface area (Å²) < 4.78 is 55.2. The summed E-state index contributed by atoms with van der Waals surface area (Å²) >= 11 is 0.938. The van der Waals surface area contributed by atoms with Crippen molar-refractivity contribution in [3.63, 3.8) is 0 Å². The van der Waals surface area contributed by atoms with Gasteiger partial charge in [0, 0.05) is 19.1 Å². The molecular formula is C24H33F2N5O3S2. The van der Waals surface area contributed by atoms with Crippen molar-refractivity contribution in [1.29, 1.82) is 0 Å². The zero-order chi connectivity index (χ0) is 25.9. The van der Waals surface area contributed by atoms with Crippen LogP contribution in [0.5, 0.6) is 0 Å². The van der Waals surface area contributed by atoms with Crippen LogP contribution in [-0.4, -0.2) is 72.9 Å². The van der Waals surface area contributed by atoms with Crippen LogP contribution in [0, 0.1) is 17.6 Å². The maximum atomic E-state index is 14.0. The van der Waals surface area contributed by atoms with E-state index in [0.717, 1.165) is 49.0 Å². The minimum Gasteiger partial charge on any atom is -0.382 e. The number of nitrogens with zero attached hydrogens (tertiary/aromatic N) is 3. The lowest BCUT2D eigenvalue weighted by Crippen LogP contribution is -2.43. The van der Waals surface area contributed by atoms with Gasteiger partial charge in [0.05, 0.1) is 11.3 Å². The van der Waals surface area contributed by atoms with Gasteiger partial charge in [-0.15, -0.1) is 0 Å². The number of nitrogen functional groups attached to an aromatic ring is 1. The molecule has 0 atom stereocenters. The SMILES string of the molecule is CC1CCN(CCCS(=O)(=O)N2CCC(Nc3nc(N)c(C(=O)c4c(F)cccc4F)s3)CC2)CC1. The van der Waals surface area contributed by atoms with Crippen molar-refractivity contribution < 1.29 is 22.0 Å². The minimum absolute atomic E-state index is 0.0373. The quantitative estimate of drug-likeness (QED) is 0.467. The highest BCUT2D eigenvalue weighted by atomic mass is 32.2. The summed E-state index contributed by atoms with van der Waals surface area (Å²) in [6, 6.07) is 3.17. The van der Waals surface area contributed by atoms with Crippen LogP contribution in [0.2, 0.25) is 0 Å². The molecule has 0 amide bonds. The van der Waals surface area contributed by atoms with Gasteiger partial charge in [-0.1, -0.05) is 24.3 Å². The summed E-state index contributed by atoms with van der Waals surface area (Å²) in [7, 11) is -3.31. The predicted molar refractivity (Wildman–Crippen MR) is 138 cm³/mol. The molecule has 2 aliphatic heterocycles. The number of halogens is 2. The van der Waals surface area contributed by atoms with Crippen molar-refractivity contribution >= 4 is 38.1 Å². The Morgan fingerprint density at radius 3 is 2.42 bits per heavy atom. The number of carbonyl (C=O) groups is 1. The molecule has 3 N–H and O–H groups in total. The predicted octanol–water partition coefficient (Wildman–Crippen LogP) is 3.56. The van der Waals surface area contributed by atoms with Crippen LogP contribution in [0.25, 0.3) is 0 Å². The largest absolute Gasteiger partial charge is 0.382 e. The van der Waals surface area contributed by atoms with E-state index in [1.54, 1.807) is 4.31 Å². The fraction of sp³-hybridized carbons (Fsp3) is 0.583. The molecule has 4 rings (SSSR count). The molecule has 2 fully saturated rings. The van der Waals surface area contributed by atoms with Crippen LogP contribution < -0.4 is 11.1 Å². The zero-order valence-electron chi connectivity index (χ0n) is 20.4. The molecule has 0 saturated carbocycles. The van der Waals surface area contributed by atoms with Gasteiger partial charge in [0.1, 0.15) is 22.3 Å². The van der Waals surface area contributed by atoms with E-state index >= 15 is 0 Å². The van der Waals surface area contributed by atoms with E-state index in [1.165, 1.54) is 18.9 Å². The summed E-state index contributed by atoms with van der Waals surface area (Å²) in [5, 5.41) is 3.56. The molecule has 0 bridgehead atoms. The average molecular weight is 542 g/mol. The van der Waals surface area contributed by atoms with E-state index in [9.17, 15) is 22.0 Å². The summed E-state index contributed by atoms with van der Waals surface area (Å²) in [6.07, 6.45) is 4.13. The first-order chi connectivity index (χ1) is 17.1. The molecule has 0 unspecified atom stereocenters. The molecule has 2 aromatic rings. The smallest absolute Gasteiger partial charge is 0.214 e. The Bertz CT molecular complexity index is 1150. The number of hydrogen-bond acceptors (Lipinski definition) is 8. The van der Waals surface area contributed by atoms with E-state index in [-0.39, 0.29) is 22.5 Å². The lowest BCUT2D eigenvalue weighted by Gasteiger charge is -2.32. The van der Waals surface area contributed by atoms with E-state index in [2.05, 4.69) is 22.1 Å². The Balaban J connectivity index is 1.27. The van der Waals surface area contributed by atoms with Gasteiger partial charge in [0.25, 0.3) is 0 Å². The number of anilines is 2. The molecule has 0 spiro atoms. The minimum atomic E-state index is -3.31. The van der Waals surface area contributed by atoms with Crippen LogP contribution >= 0.6 is 11.3 Å². The third kappa shape index (κ3) is 6.39. The van der Waals surface area contributed by atoms with Crippen molar-refractivity contribution in [1.82, 2.24) is 14.2 Å². The van der Waals surface area contributed by atoms with Crippen LogP contribution in [0.1, 0.15) is 54.3 Å². The van der Waals surface area contributed by atoms with Gasteiger partial charge in [-0.3, -0.25) is 4.79 Å². The van der Waals surface area contributed by atoms with E-state index in [1.807, 2.05) is 0 Å². The topological polar surface area (TPSA) is 109 Å². The Hall–Kier alpha value is -2.15. The normalized spacial score (nSPS) is 19.0. The Kier molecular flexibility index (Phi) is 8.59. The maximum Gasteiger partial charge on any atom is 0.214 e. The van der Waals surface area contributed by atoms with Crippen molar-refractivity contribution in [2.75, 3.05) is 49.5 Å². The van der Waals surface area contributed by atoms with Gasteiger partial charge in [0.15, 0.2) is 5.13 Å². The molecule has 0 aliphatic carbocycles. The van der Waals surface area contributed by atoms with Crippen LogP contribution in [0.15, 0.2) is 18.2 Å². The summed E-state index contributed by atoms with van der Waals surface area (Å²) in [6.45, 7) is 5.95. The molecule has 0 radical (unpaired) electrons. The molecule has 12 heteroatoms. The summed E-state index contributed by atoms with van der Waals surface area (Å²) in [5.41, 5.74) is 5.21. The highest BCUT2D eigenvalue weighted by Gasteiger charge is 2.29.